The summed E-state index contributed by atoms with van der Waals surface area (Å²) in [6.07, 6.45) is 0. The van der Waals surface area contributed by atoms with Crippen LogP contribution in [0, 0.1) is 0 Å². The zero-order valence-corrected chi connectivity index (χ0v) is 6.47. The topological polar surface area (TPSA) is 0 Å². The third-order valence-electron chi connectivity index (χ3n) is 0. The minimum Gasteiger partial charge on any atom is -0.0776 e. The van der Waals surface area contributed by atoms with Crippen molar-refractivity contribution in [3.05, 3.63) is 0 Å². The van der Waals surface area contributed by atoms with E-state index in [0.29, 0.717) is 0 Å². The van der Waals surface area contributed by atoms with Gasteiger partial charge < -0.3 is 0 Å². The number of hydrogen-bond donors (Lipinski definition) is 0. The Bertz CT molecular complexity index is 4.14. The van der Waals surface area contributed by atoms with Crippen LogP contribution in [0.5, 0.6) is 0 Å². The maximum Gasteiger partial charge on any atom is 0 e. The molecule has 0 bridgehead atoms. The van der Waals surface area contributed by atoms with Gasteiger partial charge in [-0.15, -0.1) is 0 Å². The molecule has 0 aromatic carbocycles. The van der Waals surface area contributed by atoms with E-state index >= 15 is 0 Å². The summed E-state index contributed by atoms with van der Waals surface area (Å²) >= 11 is 0. The first-order valence-corrected chi connectivity index (χ1v) is 2.00. The van der Waals surface area contributed by atoms with Crippen molar-refractivity contribution in [3.8, 4) is 0 Å². The molecule has 0 amide bonds. The molecule has 1 heteroatoms. The van der Waals surface area contributed by atoms with Crippen molar-refractivity contribution in [2.75, 3.05) is 0 Å². The van der Waals surface area contributed by atoms with Gasteiger partial charge in [0, 0.05) is 22.4 Å². The second-order valence-corrected chi connectivity index (χ2v) is 0. The molecule has 1 radical (unpaired) electrons. The molecule has 0 aromatic heterocycles. The summed E-state index contributed by atoms with van der Waals surface area (Å²) < 4.78 is 0. The second kappa shape index (κ2) is 405. The van der Waals surface area contributed by atoms with Crippen molar-refractivity contribution in [3.63, 3.8) is 0 Å². The van der Waals surface area contributed by atoms with Gasteiger partial charge in [0.15, 0.2) is 0 Å². The minimum atomic E-state index is 0. The van der Waals surface area contributed by atoms with Gasteiger partial charge in [0.25, 0.3) is 0 Å². The summed E-state index contributed by atoms with van der Waals surface area (Å²) in [6.45, 7) is 8.00. The molecule has 0 aliphatic heterocycles. The van der Waals surface area contributed by atoms with Gasteiger partial charge in [0.2, 0.25) is 0 Å². The van der Waals surface area contributed by atoms with Gasteiger partial charge >= 0.3 is 0 Å². The van der Waals surface area contributed by atoms with Crippen molar-refractivity contribution >= 4 is 0 Å². The van der Waals surface area contributed by atoms with E-state index in [-0.39, 0.29) is 37.2 Å². The van der Waals surface area contributed by atoms with E-state index in [4.69, 9.17) is 0 Å². The van der Waals surface area contributed by atoms with Crippen molar-refractivity contribution < 1.29 is 22.4 Å². The monoisotopic (exact) mass is 289 g/mol. The van der Waals surface area contributed by atoms with Crippen LogP contribution < -0.4 is 0 Å². The first kappa shape index (κ1) is 46.8. The van der Waals surface area contributed by atoms with E-state index in [1.165, 1.54) is 0 Å². The standard InChI is InChI=1S/2C2H6.2CH4.Au/c2*1-2;;;/h2*1-2H3;2*1H4;. The second-order valence-electron chi connectivity index (χ2n) is 0. The van der Waals surface area contributed by atoms with Gasteiger partial charge in [0.1, 0.15) is 0 Å². The summed E-state index contributed by atoms with van der Waals surface area (Å²) in [6, 6.07) is 0. The van der Waals surface area contributed by atoms with Crippen molar-refractivity contribution in [2.24, 2.45) is 0 Å². The van der Waals surface area contributed by atoms with Crippen LogP contribution in [-0.2, 0) is 22.4 Å². The first-order valence-electron chi connectivity index (χ1n) is 2.00. The predicted molar refractivity (Wildman–Crippen MR) is 36.2 cm³/mol. The number of rotatable bonds is 0. The van der Waals surface area contributed by atoms with Gasteiger partial charge in [-0.25, -0.2) is 0 Å². The predicted octanol–water partition coefficient (Wildman–Crippen LogP) is 3.32. The first-order chi connectivity index (χ1) is 2.00. The summed E-state index contributed by atoms with van der Waals surface area (Å²) in [5, 5.41) is 0. The zero-order chi connectivity index (χ0) is 4.00. The average molecular weight is 289 g/mol. The molecule has 0 heterocycles. The molecule has 7 heavy (non-hydrogen) atoms. The molecular weight excluding hydrogens is 269 g/mol. The molecule has 0 unspecified atom stereocenters. The minimum absolute atomic E-state index is 0. The molecule has 0 N–H and O–H groups in total. The fourth-order valence-electron chi connectivity index (χ4n) is 0. The van der Waals surface area contributed by atoms with Crippen LogP contribution >= 0.6 is 0 Å². The van der Waals surface area contributed by atoms with Crippen molar-refractivity contribution in [1.82, 2.24) is 0 Å². The van der Waals surface area contributed by atoms with Gasteiger partial charge in [-0.3, -0.25) is 0 Å². The summed E-state index contributed by atoms with van der Waals surface area (Å²) in [5.41, 5.74) is 0. The Morgan fingerprint density at radius 1 is 0.571 bits per heavy atom. The van der Waals surface area contributed by atoms with Crippen LogP contribution in [0.25, 0.3) is 0 Å². The normalized spacial score (nSPS) is 1.71. The molecule has 0 fully saturated rings. The van der Waals surface area contributed by atoms with Gasteiger partial charge in [-0.2, -0.15) is 0 Å². The summed E-state index contributed by atoms with van der Waals surface area (Å²) in [5.74, 6) is 0. The van der Waals surface area contributed by atoms with Gasteiger partial charge in [0.05, 0.1) is 0 Å². The Hall–Kier alpha value is 0.740. The molecular formula is C6H20Au. The average Bonchev–Trinajstić information content (AvgIpc) is 1.50. The van der Waals surface area contributed by atoms with E-state index in [1.54, 1.807) is 0 Å². The van der Waals surface area contributed by atoms with Crippen LogP contribution in [0.4, 0.5) is 0 Å². The van der Waals surface area contributed by atoms with Crippen LogP contribution in [0.1, 0.15) is 42.5 Å². The quantitative estimate of drug-likeness (QED) is 0.600. The Labute approximate surface area is 65.2 Å². The molecule has 0 saturated heterocycles. The Morgan fingerprint density at radius 2 is 0.571 bits per heavy atom. The Kier molecular flexibility index (Phi) is 2710. The zero-order valence-electron chi connectivity index (χ0n) is 4.30. The molecule has 0 spiro atoms. The summed E-state index contributed by atoms with van der Waals surface area (Å²) in [7, 11) is 0. The van der Waals surface area contributed by atoms with E-state index in [0.717, 1.165) is 0 Å². The van der Waals surface area contributed by atoms with Crippen LogP contribution in [-0.4, -0.2) is 0 Å². The molecule has 0 rings (SSSR count). The molecule has 0 aliphatic carbocycles. The molecule has 55 valence electrons. The van der Waals surface area contributed by atoms with Gasteiger partial charge in [-0.05, 0) is 0 Å². The molecule has 0 aliphatic rings. The summed E-state index contributed by atoms with van der Waals surface area (Å²) in [4.78, 5) is 0. The van der Waals surface area contributed by atoms with E-state index in [1.807, 2.05) is 27.7 Å². The smallest absolute Gasteiger partial charge is 0 e. The SMILES string of the molecule is C.C.CC.CC.[Au]. The maximum atomic E-state index is 2.00. The van der Waals surface area contributed by atoms with Crippen LogP contribution in [0.2, 0.25) is 0 Å². The van der Waals surface area contributed by atoms with Crippen LogP contribution in [0.3, 0.4) is 0 Å². The Balaban J connectivity index is -0.00000000267. The third-order valence-corrected chi connectivity index (χ3v) is 0. The molecule has 0 aromatic rings. The van der Waals surface area contributed by atoms with Crippen molar-refractivity contribution in [1.29, 1.82) is 0 Å². The fraction of sp³-hybridized carbons (Fsp3) is 1.00. The fourth-order valence-corrected chi connectivity index (χ4v) is 0. The van der Waals surface area contributed by atoms with Crippen molar-refractivity contribution in [2.45, 2.75) is 42.5 Å². The van der Waals surface area contributed by atoms with Crippen LogP contribution in [0.15, 0.2) is 0 Å². The van der Waals surface area contributed by atoms with E-state index in [9.17, 15) is 0 Å². The van der Waals surface area contributed by atoms with E-state index in [2.05, 4.69) is 0 Å². The molecule has 0 saturated carbocycles. The molecule has 0 atom stereocenters. The maximum absolute atomic E-state index is 2.00. The van der Waals surface area contributed by atoms with Gasteiger partial charge in [-0.1, -0.05) is 42.5 Å². The number of hydrogen-bond acceptors (Lipinski definition) is 0. The molecule has 0 nitrogen and oxygen atoms in total. The Morgan fingerprint density at radius 3 is 0.571 bits per heavy atom. The third kappa shape index (κ3) is 276. The largest absolute Gasteiger partial charge is 0.0776 e. The van der Waals surface area contributed by atoms with E-state index < -0.39 is 0 Å².